The molecular formula is C25H25N3O5. The predicted molar refractivity (Wildman–Crippen MR) is 122 cm³/mol. The van der Waals surface area contributed by atoms with Crippen molar-refractivity contribution in [1.82, 2.24) is 14.4 Å². The number of piperazine rings is 1. The highest BCUT2D eigenvalue weighted by molar-refractivity contribution is 5.96. The van der Waals surface area contributed by atoms with Gasteiger partial charge in [-0.15, -0.1) is 0 Å². The van der Waals surface area contributed by atoms with Crippen LogP contribution >= 0.6 is 0 Å². The molecule has 33 heavy (non-hydrogen) atoms. The van der Waals surface area contributed by atoms with E-state index in [4.69, 9.17) is 9.47 Å². The first-order chi connectivity index (χ1) is 16.0. The second-order valence-electron chi connectivity index (χ2n) is 7.53. The van der Waals surface area contributed by atoms with Crippen LogP contribution in [0.3, 0.4) is 0 Å². The fourth-order valence-corrected chi connectivity index (χ4v) is 3.67. The van der Waals surface area contributed by atoms with Gasteiger partial charge in [0, 0.05) is 55.4 Å². The number of carbonyl (C=O) groups excluding carboxylic acids is 3. The first kappa shape index (κ1) is 22.1. The molecule has 3 aromatic rings. The topological polar surface area (TPSA) is 81.1 Å². The summed E-state index contributed by atoms with van der Waals surface area (Å²) in [5.74, 6) is 0.144. The first-order valence-electron chi connectivity index (χ1n) is 10.8. The van der Waals surface area contributed by atoms with E-state index < -0.39 is 6.16 Å². The van der Waals surface area contributed by atoms with Crippen molar-refractivity contribution in [2.45, 2.75) is 6.92 Å². The Kier molecular flexibility index (Phi) is 6.73. The summed E-state index contributed by atoms with van der Waals surface area (Å²) in [6, 6.07) is 17.7. The summed E-state index contributed by atoms with van der Waals surface area (Å²) in [6.45, 7) is 3.75. The number of benzene rings is 2. The van der Waals surface area contributed by atoms with E-state index >= 15 is 0 Å². The maximum Gasteiger partial charge on any atom is 0.513 e. The molecule has 8 nitrogen and oxygen atoms in total. The van der Waals surface area contributed by atoms with Crippen LogP contribution in [0.5, 0.6) is 5.75 Å². The highest BCUT2D eigenvalue weighted by Crippen LogP contribution is 2.17. The smallest absolute Gasteiger partial charge is 0.434 e. The zero-order valence-electron chi connectivity index (χ0n) is 18.3. The van der Waals surface area contributed by atoms with E-state index in [0.717, 1.165) is 5.69 Å². The van der Waals surface area contributed by atoms with E-state index in [1.54, 1.807) is 41.0 Å². The van der Waals surface area contributed by atoms with E-state index in [1.807, 2.05) is 53.4 Å². The average Bonchev–Trinajstić information content (AvgIpc) is 3.39. The third-order valence-electron chi connectivity index (χ3n) is 5.44. The molecule has 4 rings (SSSR count). The van der Waals surface area contributed by atoms with Crippen molar-refractivity contribution in [1.29, 1.82) is 0 Å². The first-order valence-corrected chi connectivity index (χ1v) is 10.8. The molecule has 1 saturated heterocycles. The molecule has 0 aliphatic carbocycles. The lowest BCUT2D eigenvalue weighted by Gasteiger charge is -2.35. The Morgan fingerprint density at radius 1 is 0.758 bits per heavy atom. The fraction of sp³-hybridized carbons (Fsp3) is 0.240. The summed E-state index contributed by atoms with van der Waals surface area (Å²) >= 11 is 0. The molecule has 0 radical (unpaired) electrons. The van der Waals surface area contributed by atoms with E-state index in [9.17, 15) is 14.4 Å². The number of hydrogen-bond donors (Lipinski definition) is 0. The summed E-state index contributed by atoms with van der Waals surface area (Å²) in [5, 5.41) is 0. The summed E-state index contributed by atoms with van der Waals surface area (Å²) in [7, 11) is 0. The minimum Gasteiger partial charge on any atom is -0.434 e. The maximum absolute atomic E-state index is 12.9. The molecule has 0 bridgehead atoms. The van der Waals surface area contributed by atoms with Gasteiger partial charge in [0.2, 0.25) is 0 Å². The molecule has 0 N–H and O–H groups in total. The minimum absolute atomic E-state index is 0.0402. The van der Waals surface area contributed by atoms with Gasteiger partial charge >= 0.3 is 6.16 Å². The Morgan fingerprint density at radius 3 is 1.73 bits per heavy atom. The van der Waals surface area contributed by atoms with Gasteiger partial charge < -0.3 is 23.8 Å². The number of aromatic nitrogens is 1. The van der Waals surface area contributed by atoms with Crippen LogP contribution in [0, 0.1) is 0 Å². The number of rotatable bonds is 5. The quantitative estimate of drug-likeness (QED) is 0.441. The number of amides is 2. The monoisotopic (exact) mass is 447 g/mol. The van der Waals surface area contributed by atoms with Crippen molar-refractivity contribution in [2.75, 3.05) is 32.8 Å². The summed E-state index contributed by atoms with van der Waals surface area (Å²) in [4.78, 5) is 40.6. The van der Waals surface area contributed by atoms with Crippen LogP contribution in [-0.4, -0.2) is 65.1 Å². The van der Waals surface area contributed by atoms with Gasteiger partial charge in [0.25, 0.3) is 11.8 Å². The zero-order chi connectivity index (χ0) is 23.2. The Morgan fingerprint density at radius 2 is 1.24 bits per heavy atom. The standard InChI is InChI=1S/C25H25N3O5/c1-2-32-25(31)33-22-11-7-20(8-12-22)24(30)28-17-15-27(16-18-28)23(29)19-5-9-21(10-6-19)26-13-3-4-14-26/h3-14H,2,15-18H2,1H3. The lowest BCUT2D eigenvalue weighted by molar-refractivity contribution is 0.0535. The van der Waals surface area contributed by atoms with E-state index in [1.165, 1.54) is 0 Å². The molecule has 2 aromatic carbocycles. The van der Waals surface area contributed by atoms with E-state index in [0.29, 0.717) is 43.1 Å². The van der Waals surface area contributed by atoms with Crippen LogP contribution in [0.25, 0.3) is 5.69 Å². The number of hydrogen-bond acceptors (Lipinski definition) is 5. The number of nitrogens with zero attached hydrogens (tertiary/aromatic N) is 3. The molecule has 1 fully saturated rings. The third-order valence-corrected chi connectivity index (χ3v) is 5.44. The zero-order valence-corrected chi connectivity index (χ0v) is 18.3. The molecule has 0 spiro atoms. The van der Waals surface area contributed by atoms with Crippen molar-refractivity contribution >= 4 is 18.0 Å². The third kappa shape index (κ3) is 5.23. The molecule has 0 unspecified atom stereocenters. The summed E-state index contributed by atoms with van der Waals surface area (Å²) < 4.78 is 11.7. The molecule has 2 amide bonds. The van der Waals surface area contributed by atoms with Crippen molar-refractivity contribution in [3.8, 4) is 11.4 Å². The van der Waals surface area contributed by atoms with Crippen molar-refractivity contribution in [3.63, 3.8) is 0 Å². The van der Waals surface area contributed by atoms with Crippen molar-refractivity contribution in [2.24, 2.45) is 0 Å². The van der Waals surface area contributed by atoms with Crippen LogP contribution < -0.4 is 4.74 Å². The predicted octanol–water partition coefficient (Wildman–Crippen LogP) is 3.61. The molecule has 1 aliphatic rings. The number of ether oxygens (including phenoxy) is 2. The van der Waals surface area contributed by atoms with Gasteiger partial charge in [0.05, 0.1) is 6.61 Å². The molecule has 0 atom stereocenters. The van der Waals surface area contributed by atoms with Crippen LogP contribution in [0.1, 0.15) is 27.6 Å². The van der Waals surface area contributed by atoms with Crippen LogP contribution in [0.4, 0.5) is 4.79 Å². The van der Waals surface area contributed by atoms with Gasteiger partial charge in [-0.3, -0.25) is 9.59 Å². The normalized spacial score (nSPS) is 13.5. The lowest BCUT2D eigenvalue weighted by atomic mass is 10.1. The maximum atomic E-state index is 12.9. The molecule has 2 heterocycles. The Labute approximate surface area is 191 Å². The Hall–Kier alpha value is -4.07. The largest absolute Gasteiger partial charge is 0.513 e. The van der Waals surface area contributed by atoms with Crippen LogP contribution in [0.15, 0.2) is 73.1 Å². The SMILES string of the molecule is CCOC(=O)Oc1ccc(C(=O)N2CCN(C(=O)c3ccc(-n4cccc4)cc3)CC2)cc1. The molecule has 1 aromatic heterocycles. The Balaban J connectivity index is 1.31. The van der Waals surface area contributed by atoms with Gasteiger partial charge in [0.15, 0.2) is 0 Å². The van der Waals surface area contributed by atoms with E-state index in [-0.39, 0.29) is 18.4 Å². The Bertz CT molecular complexity index is 1100. The van der Waals surface area contributed by atoms with Gasteiger partial charge in [-0.25, -0.2) is 4.79 Å². The van der Waals surface area contributed by atoms with Gasteiger partial charge in [-0.05, 0) is 67.6 Å². The highest BCUT2D eigenvalue weighted by atomic mass is 16.7. The van der Waals surface area contributed by atoms with Crippen LogP contribution in [-0.2, 0) is 4.74 Å². The second-order valence-corrected chi connectivity index (χ2v) is 7.53. The second kappa shape index (κ2) is 10.0. The molecule has 1 aliphatic heterocycles. The van der Waals surface area contributed by atoms with Crippen LogP contribution in [0.2, 0.25) is 0 Å². The molecule has 8 heteroatoms. The lowest BCUT2D eigenvalue weighted by Crippen LogP contribution is -2.50. The van der Waals surface area contributed by atoms with E-state index in [2.05, 4.69) is 0 Å². The molecule has 170 valence electrons. The van der Waals surface area contributed by atoms with Gasteiger partial charge in [-0.2, -0.15) is 0 Å². The van der Waals surface area contributed by atoms with Gasteiger partial charge in [-0.1, -0.05) is 0 Å². The molecule has 0 saturated carbocycles. The average molecular weight is 447 g/mol. The summed E-state index contributed by atoms with van der Waals surface area (Å²) in [5.41, 5.74) is 2.11. The van der Waals surface area contributed by atoms with Crippen molar-refractivity contribution < 1.29 is 23.9 Å². The van der Waals surface area contributed by atoms with Gasteiger partial charge in [0.1, 0.15) is 5.75 Å². The highest BCUT2D eigenvalue weighted by Gasteiger charge is 2.25. The fourth-order valence-electron chi connectivity index (χ4n) is 3.67. The number of carbonyl (C=O) groups is 3. The molecular weight excluding hydrogens is 422 g/mol. The minimum atomic E-state index is -0.781. The summed E-state index contributed by atoms with van der Waals surface area (Å²) in [6.07, 6.45) is 3.12. The van der Waals surface area contributed by atoms with Crippen molar-refractivity contribution in [3.05, 3.63) is 84.2 Å².